The minimum absolute atomic E-state index is 0.223. The number of rotatable bonds is 4. The smallest absolute Gasteiger partial charge is 0.0599 e. The van der Waals surface area contributed by atoms with Gasteiger partial charge in [0.25, 0.3) is 0 Å². The highest BCUT2D eigenvalue weighted by Crippen LogP contribution is 2.38. The summed E-state index contributed by atoms with van der Waals surface area (Å²) in [6.45, 7) is 4.57. The lowest BCUT2D eigenvalue weighted by atomic mass is 9.75. The van der Waals surface area contributed by atoms with Gasteiger partial charge < -0.3 is 0 Å². The molecule has 1 aliphatic carbocycles. The first-order valence-electron chi connectivity index (χ1n) is 8.27. The summed E-state index contributed by atoms with van der Waals surface area (Å²) in [7, 11) is 0. The third-order valence-electron chi connectivity index (χ3n) is 5.15. The van der Waals surface area contributed by atoms with Crippen molar-refractivity contribution in [3.05, 3.63) is 53.9 Å². The number of hydrogen-bond acceptors (Lipinski definition) is 1. The summed E-state index contributed by atoms with van der Waals surface area (Å²) in [6, 6.07) is 10.9. The Bertz CT molecular complexity index is 562. The molecule has 0 atom stereocenters. The monoisotopic (exact) mass is 282 g/mol. The van der Waals surface area contributed by atoms with E-state index in [0.717, 1.165) is 12.3 Å². The van der Waals surface area contributed by atoms with Gasteiger partial charge in [-0.1, -0.05) is 37.3 Å². The van der Waals surface area contributed by atoms with Crippen molar-refractivity contribution in [1.29, 1.82) is 0 Å². The van der Waals surface area contributed by atoms with Gasteiger partial charge in [-0.2, -0.15) is 5.10 Å². The molecule has 1 aliphatic rings. The highest BCUT2D eigenvalue weighted by Gasteiger charge is 2.33. The van der Waals surface area contributed by atoms with Crippen molar-refractivity contribution in [2.45, 2.75) is 57.9 Å². The normalized spacial score (nSPS) is 25.9. The summed E-state index contributed by atoms with van der Waals surface area (Å²) < 4.78 is 2.23. The lowest BCUT2D eigenvalue weighted by molar-refractivity contribution is 0.158. The Morgan fingerprint density at radius 3 is 2.48 bits per heavy atom. The number of aromatic nitrogens is 2. The first-order chi connectivity index (χ1) is 10.2. The van der Waals surface area contributed by atoms with Gasteiger partial charge in [-0.25, -0.2) is 0 Å². The van der Waals surface area contributed by atoms with Crippen LogP contribution in [0.4, 0.5) is 0 Å². The van der Waals surface area contributed by atoms with Gasteiger partial charge in [0.15, 0.2) is 0 Å². The van der Waals surface area contributed by atoms with Crippen LogP contribution in [0.1, 0.15) is 50.7 Å². The van der Waals surface area contributed by atoms with Crippen molar-refractivity contribution < 1.29 is 0 Å². The molecule has 0 N–H and O–H groups in total. The first kappa shape index (κ1) is 14.4. The molecule has 0 unspecified atom stereocenters. The average Bonchev–Trinajstić information content (AvgIpc) is 3.01. The number of benzene rings is 1. The van der Waals surface area contributed by atoms with Gasteiger partial charge in [-0.3, -0.25) is 4.68 Å². The lowest BCUT2D eigenvalue weighted by Gasteiger charge is -2.37. The second-order valence-corrected chi connectivity index (χ2v) is 6.78. The molecule has 2 nitrogen and oxygen atoms in total. The maximum Gasteiger partial charge on any atom is 0.0599 e. The van der Waals surface area contributed by atoms with Crippen LogP contribution in [0.3, 0.4) is 0 Å². The molecule has 112 valence electrons. The minimum Gasteiger partial charge on any atom is -0.267 e. The van der Waals surface area contributed by atoms with E-state index in [9.17, 15) is 0 Å². The molecular formula is C19H26N2. The molecular weight excluding hydrogens is 256 g/mol. The van der Waals surface area contributed by atoms with E-state index in [1.54, 1.807) is 0 Å². The second-order valence-electron chi connectivity index (χ2n) is 6.78. The first-order valence-corrected chi connectivity index (χ1v) is 8.27. The molecule has 21 heavy (non-hydrogen) atoms. The Labute approximate surface area is 128 Å². The van der Waals surface area contributed by atoms with Gasteiger partial charge in [0.2, 0.25) is 0 Å². The van der Waals surface area contributed by atoms with Crippen LogP contribution in [0.5, 0.6) is 0 Å². The van der Waals surface area contributed by atoms with Crippen LogP contribution in [-0.4, -0.2) is 9.78 Å². The summed E-state index contributed by atoms with van der Waals surface area (Å²) in [4.78, 5) is 0. The van der Waals surface area contributed by atoms with Gasteiger partial charge in [-0.15, -0.1) is 0 Å². The van der Waals surface area contributed by atoms with Crippen molar-refractivity contribution in [2.24, 2.45) is 5.92 Å². The third-order valence-corrected chi connectivity index (χ3v) is 5.15. The summed E-state index contributed by atoms with van der Waals surface area (Å²) in [5.74, 6) is 0.835. The highest BCUT2D eigenvalue weighted by atomic mass is 15.3. The van der Waals surface area contributed by atoms with Gasteiger partial charge in [0, 0.05) is 6.20 Å². The Balaban J connectivity index is 1.61. The van der Waals surface area contributed by atoms with Crippen molar-refractivity contribution in [2.75, 3.05) is 0 Å². The van der Waals surface area contributed by atoms with Crippen LogP contribution in [-0.2, 0) is 18.4 Å². The fourth-order valence-electron chi connectivity index (χ4n) is 3.52. The molecule has 2 heteroatoms. The van der Waals surface area contributed by atoms with Crippen molar-refractivity contribution in [3.8, 4) is 0 Å². The van der Waals surface area contributed by atoms with E-state index in [-0.39, 0.29) is 5.54 Å². The van der Waals surface area contributed by atoms with Crippen molar-refractivity contribution in [1.82, 2.24) is 9.78 Å². The molecule has 1 aromatic carbocycles. The fraction of sp³-hybridized carbons (Fsp3) is 0.526. The summed E-state index contributed by atoms with van der Waals surface area (Å²) >= 11 is 0. The molecule has 0 amide bonds. The zero-order valence-electron chi connectivity index (χ0n) is 13.3. The Morgan fingerprint density at radius 2 is 1.86 bits per heavy atom. The van der Waals surface area contributed by atoms with E-state index in [4.69, 9.17) is 0 Å². The zero-order valence-corrected chi connectivity index (χ0v) is 13.3. The Hall–Kier alpha value is -1.57. The Kier molecular flexibility index (Phi) is 4.14. The third kappa shape index (κ3) is 3.20. The molecule has 0 spiro atoms. The van der Waals surface area contributed by atoms with Gasteiger partial charge >= 0.3 is 0 Å². The van der Waals surface area contributed by atoms with Crippen LogP contribution < -0.4 is 0 Å². The topological polar surface area (TPSA) is 17.8 Å². The van der Waals surface area contributed by atoms with E-state index >= 15 is 0 Å². The molecule has 0 bridgehead atoms. The standard InChI is InChI=1S/C19H26N2/c1-3-16-14-20-21(15-16)19(2)11-9-18(10-12-19)13-17-7-5-4-6-8-17/h4-8,14-15,18H,3,9-13H2,1-2H3. The van der Waals surface area contributed by atoms with Crippen LogP contribution in [0.25, 0.3) is 0 Å². The van der Waals surface area contributed by atoms with E-state index in [2.05, 4.69) is 60.2 Å². The minimum atomic E-state index is 0.223. The van der Waals surface area contributed by atoms with Crippen molar-refractivity contribution >= 4 is 0 Å². The lowest BCUT2D eigenvalue weighted by Crippen LogP contribution is -2.35. The fourth-order valence-corrected chi connectivity index (χ4v) is 3.52. The second kappa shape index (κ2) is 6.05. The Morgan fingerprint density at radius 1 is 1.14 bits per heavy atom. The molecule has 1 aromatic heterocycles. The summed E-state index contributed by atoms with van der Waals surface area (Å²) in [5.41, 5.74) is 3.06. The molecule has 1 saturated carbocycles. The van der Waals surface area contributed by atoms with Gasteiger partial charge in [0.1, 0.15) is 0 Å². The van der Waals surface area contributed by atoms with Crippen LogP contribution in [0.2, 0.25) is 0 Å². The predicted molar refractivity (Wildman–Crippen MR) is 87.4 cm³/mol. The van der Waals surface area contributed by atoms with E-state index in [1.165, 1.54) is 43.2 Å². The maximum absolute atomic E-state index is 4.61. The highest BCUT2D eigenvalue weighted by molar-refractivity contribution is 5.15. The van der Waals surface area contributed by atoms with Crippen molar-refractivity contribution in [3.63, 3.8) is 0 Å². The quantitative estimate of drug-likeness (QED) is 0.801. The van der Waals surface area contributed by atoms with Crippen LogP contribution in [0, 0.1) is 5.92 Å². The van der Waals surface area contributed by atoms with E-state index < -0.39 is 0 Å². The van der Waals surface area contributed by atoms with E-state index in [0.29, 0.717) is 0 Å². The average molecular weight is 282 g/mol. The molecule has 0 saturated heterocycles. The summed E-state index contributed by atoms with van der Waals surface area (Å²) in [5, 5.41) is 4.61. The number of hydrogen-bond donors (Lipinski definition) is 0. The molecule has 3 rings (SSSR count). The molecule has 2 aromatic rings. The molecule has 1 heterocycles. The maximum atomic E-state index is 4.61. The largest absolute Gasteiger partial charge is 0.267 e. The molecule has 0 aliphatic heterocycles. The van der Waals surface area contributed by atoms with Gasteiger partial charge in [0.05, 0.1) is 11.7 Å². The number of aryl methyl sites for hydroxylation is 1. The number of nitrogens with zero attached hydrogens (tertiary/aromatic N) is 2. The molecule has 0 radical (unpaired) electrons. The predicted octanol–water partition coefficient (Wildman–Crippen LogP) is 4.59. The van der Waals surface area contributed by atoms with Crippen LogP contribution >= 0.6 is 0 Å². The molecule has 1 fully saturated rings. The van der Waals surface area contributed by atoms with Gasteiger partial charge in [-0.05, 0) is 62.5 Å². The summed E-state index contributed by atoms with van der Waals surface area (Å²) in [6.07, 6.45) is 11.7. The SMILES string of the molecule is CCc1cnn(C2(C)CCC(Cc3ccccc3)CC2)c1. The van der Waals surface area contributed by atoms with Crippen LogP contribution in [0.15, 0.2) is 42.7 Å². The zero-order chi connectivity index (χ0) is 14.7. The van der Waals surface area contributed by atoms with E-state index in [1.807, 2.05) is 6.20 Å².